The molecule has 2 heterocycles. The Morgan fingerprint density at radius 1 is 0.369 bits per heavy atom. The summed E-state index contributed by atoms with van der Waals surface area (Å²) in [7, 11) is 0. The van der Waals surface area contributed by atoms with Crippen molar-refractivity contribution in [2.45, 2.75) is 0 Å². The van der Waals surface area contributed by atoms with E-state index in [2.05, 4.69) is 24.3 Å². The molecule has 0 N–H and O–H groups in total. The van der Waals surface area contributed by atoms with Gasteiger partial charge in [0.2, 0.25) is 0 Å². The van der Waals surface area contributed by atoms with Crippen LogP contribution in [0.25, 0.3) is 95.0 Å². The molecular weight excluding hydrogens is 811 g/mol. The minimum Gasteiger partial charge on any atom is -0.308 e. The Kier molecular flexibility index (Phi) is 9.94. The molecule has 0 saturated carbocycles. The first kappa shape index (κ1) is 39.5. The minimum atomic E-state index is -0.730. The highest BCUT2D eigenvalue weighted by molar-refractivity contribution is 6.12. The van der Waals surface area contributed by atoms with Gasteiger partial charge in [0.1, 0.15) is 11.6 Å². The third-order valence-electron chi connectivity index (χ3n) is 11.2. The summed E-state index contributed by atoms with van der Waals surface area (Å²) in [5.41, 5.74) is 8.27. The lowest BCUT2D eigenvalue weighted by molar-refractivity contribution is 0.589. The van der Waals surface area contributed by atoms with E-state index >= 15 is 8.78 Å². The molecule has 10 heteroatoms. The van der Waals surface area contributed by atoms with Crippen LogP contribution in [0, 0.1) is 57.0 Å². The Morgan fingerprint density at radius 2 is 0.800 bits per heavy atom. The van der Waals surface area contributed by atoms with Gasteiger partial charge in [-0.05, 0) is 113 Å². The third-order valence-corrected chi connectivity index (χ3v) is 11.2. The first-order chi connectivity index (χ1) is 31.8. The van der Waals surface area contributed by atoms with Gasteiger partial charge in [0.05, 0.1) is 68.8 Å². The van der Waals surface area contributed by atoms with Crippen molar-refractivity contribution >= 4 is 21.8 Å². The van der Waals surface area contributed by atoms with Crippen LogP contribution in [0.2, 0.25) is 0 Å². The molecule has 0 atom stereocenters. The smallest absolute Gasteiger partial charge is 0.166 e. The van der Waals surface area contributed by atoms with Crippen LogP contribution in [0.3, 0.4) is 0 Å². The highest BCUT2D eigenvalue weighted by atomic mass is 19.1. The summed E-state index contributed by atoms with van der Waals surface area (Å²) in [6.45, 7) is 0. The molecule has 8 nitrogen and oxygen atoms in total. The number of nitriles is 4. The number of aromatic nitrogens is 4. The SMILES string of the molecule is N#Cc1cc(C#N)cc(-c2ccc3c(c2)c2cc(-c4cc(C#N)cc(C#N)c4)ccc2n3-c2ccc(-c3c(F)cccc3F)cc2-c2nc(-c3ccccc3)nc(-c3ccccc3)n2)c1. The van der Waals surface area contributed by atoms with Crippen molar-refractivity contribution < 1.29 is 8.78 Å². The van der Waals surface area contributed by atoms with E-state index in [0.29, 0.717) is 56.3 Å². The Labute approximate surface area is 371 Å². The van der Waals surface area contributed by atoms with Crippen molar-refractivity contribution in [3.05, 3.63) is 204 Å². The maximum atomic E-state index is 15.6. The molecule has 0 bridgehead atoms. The molecule has 0 aliphatic carbocycles. The molecule has 0 unspecified atom stereocenters. The summed E-state index contributed by atoms with van der Waals surface area (Å²) in [6, 6.07) is 58.3. The van der Waals surface area contributed by atoms with Crippen LogP contribution in [0.15, 0.2) is 170 Å². The fourth-order valence-electron chi connectivity index (χ4n) is 8.26. The lowest BCUT2D eigenvalue weighted by Gasteiger charge is -2.17. The van der Waals surface area contributed by atoms with Gasteiger partial charge in [0.25, 0.3) is 0 Å². The van der Waals surface area contributed by atoms with Gasteiger partial charge in [-0.25, -0.2) is 23.7 Å². The standard InChI is InChI=1S/C55H28F2N8/c56-47-12-7-13-48(57)52(47)41-16-19-51(46(28-41)55-63-53(37-8-3-1-4-9-37)62-54(64-55)38-10-5-2-6-11-38)65-49-17-14-39(42-22-33(29-58)20-34(23-42)30-59)26-44(49)45-27-40(15-18-50(45)65)43-24-35(31-60)21-36(25-43)32-61/h1-28H. The average molecular weight is 839 g/mol. The van der Waals surface area contributed by atoms with Crippen molar-refractivity contribution in [1.29, 1.82) is 21.0 Å². The van der Waals surface area contributed by atoms with Gasteiger partial charge in [0.15, 0.2) is 17.5 Å². The van der Waals surface area contributed by atoms with Crippen LogP contribution in [0.5, 0.6) is 0 Å². The second-order valence-electron chi connectivity index (χ2n) is 15.2. The Hall–Kier alpha value is -9.61. The normalized spacial score (nSPS) is 10.9. The zero-order valence-corrected chi connectivity index (χ0v) is 34.0. The molecule has 0 aliphatic heterocycles. The van der Waals surface area contributed by atoms with Crippen LogP contribution in [-0.4, -0.2) is 19.5 Å². The van der Waals surface area contributed by atoms with Crippen molar-refractivity contribution in [3.63, 3.8) is 0 Å². The lowest BCUT2D eigenvalue weighted by atomic mass is 9.97. The van der Waals surface area contributed by atoms with E-state index in [9.17, 15) is 21.0 Å². The van der Waals surface area contributed by atoms with Gasteiger partial charge < -0.3 is 4.57 Å². The van der Waals surface area contributed by atoms with Crippen LogP contribution >= 0.6 is 0 Å². The van der Waals surface area contributed by atoms with Gasteiger partial charge in [-0.3, -0.25) is 0 Å². The van der Waals surface area contributed by atoms with Gasteiger partial charge in [0, 0.05) is 27.5 Å². The number of fused-ring (bicyclic) bond motifs is 3. The Morgan fingerprint density at radius 3 is 1.25 bits per heavy atom. The zero-order valence-electron chi connectivity index (χ0n) is 34.0. The zero-order chi connectivity index (χ0) is 44.6. The summed E-state index contributed by atoms with van der Waals surface area (Å²) in [6.07, 6.45) is 0. The summed E-state index contributed by atoms with van der Waals surface area (Å²) in [4.78, 5) is 15.0. The second-order valence-corrected chi connectivity index (χ2v) is 15.2. The predicted octanol–water partition coefficient (Wildman–Crippen LogP) is 12.7. The molecule has 0 aliphatic rings. The van der Waals surface area contributed by atoms with E-state index < -0.39 is 11.6 Å². The molecule has 10 rings (SSSR count). The van der Waals surface area contributed by atoms with E-state index in [4.69, 9.17) is 15.0 Å². The average Bonchev–Trinajstić information content (AvgIpc) is 3.69. The van der Waals surface area contributed by atoms with Crippen molar-refractivity contribution in [3.8, 4) is 97.5 Å². The minimum absolute atomic E-state index is 0.204. The fourth-order valence-corrected chi connectivity index (χ4v) is 8.26. The lowest BCUT2D eigenvalue weighted by Crippen LogP contribution is -2.04. The molecule has 0 radical (unpaired) electrons. The maximum absolute atomic E-state index is 15.6. The van der Waals surface area contributed by atoms with Crippen molar-refractivity contribution in [2.24, 2.45) is 0 Å². The maximum Gasteiger partial charge on any atom is 0.166 e. The molecule has 2 aromatic heterocycles. The van der Waals surface area contributed by atoms with Crippen LogP contribution in [-0.2, 0) is 0 Å². The summed E-state index contributed by atoms with van der Waals surface area (Å²) >= 11 is 0. The number of halogens is 2. The molecule has 0 fully saturated rings. The van der Waals surface area contributed by atoms with Crippen molar-refractivity contribution in [1.82, 2.24) is 19.5 Å². The topological polar surface area (TPSA) is 139 Å². The first-order valence-electron chi connectivity index (χ1n) is 20.3. The predicted molar refractivity (Wildman–Crippen MR) is 246 cm³/mol. The summed E-state index contributed by atoms with van der Waals surface area (Å²) in [5, 5.41) is 40.9. The second kappa shape index (κ2) is 16.3. The van der Waals surface area contributed by atoms with E-state index in [-0.39, 0.29) is 17.0 Å². The summed E-state index contributed by atoms with van der Waals surface area (Å²) < 4.78 is 33.3. The van der Waals surface area contributed by atoms with E-state index in [1.807, 2.05) is 102 Å². The molecule has 302 valence electrons. The fraction of sp³-hybridized carbons (Fsp3) is 0. The largest absolute Gasteiger partial charge is 0.308 e. The third kappa shape index (κ3) is 7.26. The molecule has 65 heavy (non-hydrogen) atoms. The molecular formula is C55H28F2N8. The number of hydrogen-bond acceptors (Lipinski definition) is 7. The number of hydrogen-bond donors (Lipinski definition) is 0. The van der Waals surface area contributed by atoms with Crippen LogP contribution in [0.4, 0.5) is 8.78 Å². The van der Waals surface area contributed by atoms with Gasteiger partial charge in [-0.2, -0.15) is 21.0 Å². The quantitative estimate of drug-likeness (QED) is 0.156. The van der Waals surface area contributed by atoms with Gasteiger partial charge in [-0.1, -0.05) is 84.9 Å². The van der Waals surface area contributed by atoms with E-state index in [1.54, 1.807) is 42.5 Å². The van der Waals surface area contributed by atoms with Crippen molar-refractivity contribution in [2.75, 3.05) is 0 Å². The highest BCUT2D eigenvalue weighted by Gasteiger charge is 2.23. The monoisotopic (exact) mass is 838 g/mol. The highest BCUT2D eigenvalue weighted by Crippen LogP contribution is 2.42. The molecule has 0 spiro atoms. The molecule has 10 aromatic rings. The van der Waals surface area contributed by atoms with Gasteiger partial charge in [-0.15, -0.1) is 0 Å². The Balaban J connectivity index is 1.30. The Bertz CT molecular complexity index is 3460. The van der Waals surface area contributed by atoms with Gasteiger partial charge >= 0.3 is 0 Å². The molecule has 8 aromatic carbocycles. The number of nitrogens with zero attached hydrogens (tertiary/aromatic N) is 8. The van der Waals surface area contributed by atoms with E-state index in [0.717, 1.165) is 44.1 Å². The number of rotatable bonds is 7. The summed E-state index contributed by atoms with van der Waals surface area (Å²) in [5.74, 6) is -0.416. The molecule has 0 saturated heterocycles. The van der Waals surface area contributed by atoms with E-state index in [1.165, 1.54) is 30.3 Å². The van der Waals surface area contributed by atoms with Crippen LogP contribution in [0.1, 0.15) is 22.3 Å². The van der Waals surface area contributed by atoms with Crippen LogP contribution < -0.4 is 0 Å². The first-order valence-corrected chi connectivity index (χ1v) is 20.3. The number of benzene rings is 8. The molecule has 0 amide bonds.